The quantitative estimate of drug-likeness (QED) is 0.634. The fourth-order valence-electron chi connectivity index (χ4n) is 1.89. The maximum absolute atomic E-state index is 10.5. The first-order valence-electron chi connectivity index (χ1n) is 5.16. The highest BCUT2D eigenvalue weighted by atomic mass is 35.5. The number of hydrogen-bond donors (Lipinski definition) is 1. The van der Waals surface area contributed by atoms with Gasteiger partial charge in [0.05, 0.1) is 11.0 Å². The fraction of sp³-hybridized carbons (Fsp3) is 0.667. The van der Waals surface area contributed by atoms with Gasteiger partial charge in [-0.2, -0.15) is 5.10 Å². The van der Waals surface area contributed by atoms with Crippen LogP contribution in [0.1, 0.15) is 25.3 Å². The summed E-state index contributed by atoms with van der Waals surface area (Å²) in [6.07, 6.45) is 5.96. The van der Waals surface area contributed by atoms with E-state index in [1.165, 1.54) is 12.4 Å². The van der Waals surface area contributed by atoms with E-state index >= 15 is 0 Å². The van der Waals surface area contributed by atoms with Gasteiger partial charge in [-0.05, 0) is 32.4 Å². The van der Waals surface area contributed by atoms with Gasteiger partial charge in [-0.15, -0.1) is 12.4 Å². The van der Waals surface area contributed by atoms with E-state index in [9.17, 15) is 10.1 Å². The van der Waals surface area contributed by atoms with E-state index in [-0.39, 0.29) is 18.1 Å². The molecule has 1 aliphatic heterocycles. The molecule has 2 heterocycles. The van der Waals surface area contributed by atoms with Gasteiger partial charge in [0.1, 0.15) is 12.4 Å². The summed E-state index contributed by atoms with van der Waals surface area (Å²) in [4.78, 5) is 10.1. The highest BCUT2D eigenvalue weighted by molar-refractivity contribution is 5.85. The molecule has 1 N–H and O–H groups in total. The summed E-state index contributed by atoms with van der Waals surface area (Å²) < 4.78 is 1.73. The first-order valence-corrected chi connectivity index (χ1v) is 5.16. The van der Waals surface area contributed by atoms with E-state index < -0.39 is 4.92 Å². The van der Waals surface area contributed by atoms with Gasteiger partial charge in [-0.1, -0.05) is 0 Å². The molecule has 1 atom stereocenters. The molecular weight excluding hydrogens is 232 g/mol. The standard InChI is InChI=1S/C9H14N4O2.ClH/c14-13(15)9-6-11-12(7-9)8-2-1-4-10-5-3-8;/h6-8,10H,1-5H2;1H. The molecular formula is C9H15ClN4O2. The van der Waals surface area contributed by atoms with Crippen molar-refractivity contribution in [2.24, 2.45) is 0 Å². The summed E-state index contributed by atoms with van der Waals surface area (Å²) in [7, 11) is 0. The lowest BCUT2D eigenvalue weighted by atomic mass is 10.1. The zero-order chi connectivity index (χ0) is 10.7. The summed E-state index contributed by atoms with van der Waals surface area (Å²) in [5.41, 5.74) is 0.0761. The second-order valence-corrected chi connectivity index (χ2v) is 3.77. The fourth-order valence-corrected chi connectivity index (χ4v) is 1.89. The summed E-state index contributed by atoms with van der Waals surface area (Å²) in [5, 5.41) is 17.9. The molecule has 0 radical (unpaired) electrons. The van der Waals surface area contributed by atoms with Crippen molar-refractivity contribution in [2.45, 2.75) is 25.3 Å². The van der Waals surface area contributed by atoms with Gasteiger partial charge >= 0.3 is 5.69 Å². The second kappa shape index (κ2) is 5.81. The summed E-state index contributed by atoms with van der Waals surface area (Å²) in [6.45, 7) is 1.98. The SMILES string of the molecule is Cl.O=[N+]([O-])c1cnn(C2CCCNCC2)c1. The topological polar surface area (TPSA) is 73.0 Å². The molecule has 90 valence electrons. The minimum Gasteiger partial charge on any atom is -0.317 e. The summed E-state index contributed by atoms with van der Waals surface area (Å²) in [5.74, 6) is 0. The third kappa shape index (κ3) is 2.93. The number of nitrogens with zero attached hydrogens (tertiary/aromatic N) is 3. The molecule has 0 aromatic carbocycles. The predicted octanol–water partition coefficient (Wildman–Crippen LogP) is 1.53. The second-order valence-electron chi connectivity index (χ2n) is 3.77. The number of nitro groups is 1. The first-order chi connectivity index (χ1) is 7.27. The van der Waals surface area contributed by atoms with Crippen molar-refractivity contribution >= 4 is 18.1 Å². The zero-order valence-corrected chi connectivity index (χ0v) is 9.65. The van der Waals surface area contributed by atoms with E-state index in [4.69, 9.17) is 0 Å². The third-order valence-corrected chi connectivity index (χ3v) is 2.72. The van der Waals surface area contributed by atoms with Crippen LogP contribution in [-0.2, 0) is 0 Å². The summed E-state index contributed by atoms with van der Waals surface area (Å²) in [6, 6.07) is 0.300. The molecule has 1 unspecified atom stereocenters. The van der Waals surface area contributed by atoms with Crippen LogP contribution in [0.2, 0.25) is 0 Å². The van der Waals surface area contributed by atoms with Crippen LogP contribution >= 0.6 is 12.4 Å². The lowest BCUT2D eigenvalue weighted by Gasteiger charge is -2.13. The monoisotopic (exact) mass is 246 g/mol. The van der Waals surface area contributed by atoms with Crippen LogP contribution in [-0.4, -0.2) is 27.8 Å². The van der Waals surface area contributed by atoms with E-state index in [1.807, 2.05) is 0 Å². The van der Waals surface area contributed by atoms with Gasteiger partial charge in [0.15, 0.2) is 0 Å². The van der Waals surface area contributed by atoms with Crippen molar-refractivity contribution in [3.8, 4) is 0 Å². The van der Waals surface area contributed by atoms with Crippen LogP contribution in [0.5, 0.6) is 0 Å². The Labute approximate surface area is 99.6 Å². The maximum atomic E-state index is 10.5. The van der Waals surface area contributed by atoms with Crippen LogP contribution in [0.3, 0.4) is 0 Å². The Balaban J connectivity index is 0.00000128. The number of aromatic nitrogens is 2. The van der Waals surface area contributed by atoms with Crippen LogP contribution in [0, 0.1) is 10.1 Å². The van der Waals surface area contributed by atoms with Gasteiger partial charge in [0.2, 0.25) is 0 Å². The van der Waals surface area contributed by atoms with Crippen LogP contribution in [0.15, 0.2) is 12.4 Å². The molecule has 1 aromatic rings. The van der Waals surface area contributed by atoms with E-state index in [0.29, 0.717) is 6.04 Å². The number of nitrogens with one attached hydrogen (secondary N) is 1. The lowest BCUT2D eigenvalue weighted by Crippen LogP contribution is -2.15. The molecule has 0 amide bonds. The van der Waals surface area contributed by atoms with Gasteiger partial charge in [-0.25, -0.2) is 0 Å². The van der Waals surface area contributed by atoms with Gasteiger partial charge < -0.3 is 5.32 Å². The molecule has 0 aliphatic carbocycles. The minimum absolute atomic E-state index is 0. The normalized spacial score (nSPS) is 20.9. The maximum Gasteiger partial charge on any atom is 0.307 e. The average molecular weight is 247 g/mol. The molecule has 6 nitrogen and oxygen atoms in total. The smallest absolute Gasteiger partial charge is 0.307 e. The number of halogens is 1. The van der Waals surface area contributed by atoms with E-state index in [2.05, 4.69) is 10.4 Å². The Morgan fingerprint density at radius 1 is 1.50 bits per heavy atom. The van der Waals surface area contributed by atoms with Crippen molar-refractivity contribution in [1.82, 2.24) is 15.1 Å². The Morgan fingerprint density at radius 3 is 3.00 bits per heavy atom. The molecule has 0 saturated carbocycles. The van der Waals surface area contributed by atoms with Gasteiger partial charge in [0.25, 0.3) is 0 Å². The van der Waals surface area contributed by atoms with Crippen molar-refractivity contribution in [1.29, 1.82) is 0 Å². The molecule has 7 heteroatoms. The Kier molecular flexibility index (Phi) is 4.70. The van der Waals surface area contributed by atoms with Crippen molar-refractivity contribution in [3.05, 3.63) is 22.5 Å². The third-order valence-electron chi connectivity index (χ3n) is 2.72. The summed E-state index contributed by atoms with van der Waals surface area (Å²) >= 11 is 0. The van der Waals surface area contributed by atoms with Gasteiger partial charge in [-0.3, -0.25) is 14.8 Å². The van der Waals surface area contributed by atoms with Crippen molar-refractivity contribution in [3.63, 3.8) is 0 Å². The van der Waals surface area contributed by atoms with Crippen LogP contribution in [0.4, 0.5) is 5.69 Å². The molecule has 0 bridgehead atoms. The largest absolute Gasteiger partial charge is 0.317 e. The number of hydrogen-bond acceptors (Lipinski definition) is 4. The Bertz CT molecular complexity index is 347. The number of rotatable bonds is 2. The van der Waals surface area contributed by atoms with Crippen LogP contribution < -0.4 is 5.32 Å². The van der Waals surface area contributed by atoms with Crippen molar-refractivity contribution < 1.29 is 4.92 Å². The highest BCUT2D eigenvalue weighted by Crippen LogP contribution is 2.21. The molecule has 0 spiro atoms. The molecule has 2 rings (SSSR count). The first kappa shape index (κ1) is 12.9. The van der Waals surface area contributed by atoms with E-state index in [1.54, 1.807) is 4.68 Å². The zero-order valence-electron chi connectivity index (χ0n) is 8.83. The lowest BCUT2D eigenvalue weighted by molar-refractivity contribution is -0.385. The molecule has 1 saturated heterocycles. The van der Waals surface area contributed by atoms with Crippen molar-refractivity contribution in [2.75, 3.05) is 13.1 Å². The Morgan fingerprint density at radius 2 is 2.31 bits per heavy atom. The molecule has 16 heavy (non-hydrogen) atoms. The minimum atomic E-state index is -0.404. The molecule has 1 aliphatic rings. The molecule has 1 fully saturated rings. The predicted molar refractivity (Wildman–Crippen MR) is 61.9 cm³/mol. The molecule has 1 aromatic heterocycles. The van der Waals surface area contributed by atoms with Crippen LogP contribution in [0.25, 0.3) is 0 Å². The van der Waals surface area contributed by atoms with Gasteiger partial charge in [0, 0.05) is 0 Å². The highest BCUT2D eigenvalue weighted by Gasteiger charge is 2.17. The Hall–Kier alpha value is -1.14. The average Bonchev–Trinajstić information content (AvgIpc) is 2.55. The van der Waals surface area contributed by atoms with E-state index in [0.717, 1.165) is 32.4 Å².